The van der Waals surface area contributed by atoms with Crippen LogP contribution in [0.15, 0.2) is 77.6 Å². The molecular weight excluding hydrogens is 292 g/mol. The summed E-state index contributed by atoms with van der Waals surface area (Å²) < 4.78 is 2.24. The predicted molar refractivity (Wildman–Crippen MR) is 83.1 cm³/mol. The van der Waals surface area contributed by atoms with Gasteiger partial charge in [-0.2, -0.15) is 4.40 Å². The highest BCUT2D eigenvalue weighted by molar-refractivity contribution is 5.79. The van der Waals surface area contributed by atoms with Crippen molar-refractivity contribution in [2.75, 3.05) is 0 Å². The first-order valence-corrected chi connectivity index (χ1v) is 7.24. The first-order chi connectivity index (χ1) is 10.4. The van der Waals surface area contributed by atoms with Gasteiger partial charge in [0.2, 0.25) is 11.0 Å². The van der Waals surface area contributed by atoms with E-state index in [-0.39, 0.29) is 12.4 Å². The van der Waals surface area contributed by atoms with Crippen molar-refractivity contribution < 1.29 is 16.8 Å². The van der Waals surface area contributed by atoms with Crippen molar-refractivity contribution in [3.8, 4) is 0 Å². The smallest absolute Gasteiger partial charge is 0.237 e. The molecule has 0 radical (unpaired) electrons. The second kappa shape index (κ2) is 4.79. The van der Waals surface area contributed by atoms with Gasteiger partial charge in [-0.3, -0.25) is 0 Å². The van der Waals surface area contributed by atoms with Gasteiger partial charge >= 0.3 is 0 Å². The van der Waals surface area contributed by atoms with Crippen LogP contribution in [0.2, 0.25) is 0 Å². The van der Waals surface area contributed by atoms with Gasteiger partial charge < -0.3 is 12.4 Å². The number of halogens is 1. The molecule has 0 spiro atoms. The third-order valence-electron chi connectivity index (χ3n) is 4.29. The van der Waals surface area contributed by atoms with E-state index in [9.17, 15) is 0 Å². The van der Waals surface area contributed by atoms with Gasteiger partial charge in [-0.15, -0.1) is 0 Å². The van der Waals surface area contributed by atoms with Crippen molar-refractivity contribution in [2.24, 2.45) is 4.99 Å². The number of rotatable bonds is 0. The summed E-state index contributed by atoms with van der Waals surface area (Å²) in [7, 11) is 0. The molecule has 3 heteroatoms. The van der Waals surface area contributed by atoms with Crippen LogP contribution in [-0.4, -0.2) is 0 Å². The number of hydrogen-bond acceptors (Lipinski definition) is 1. The van der Waals surface area contributed by atoms with Crippen molar-refractivity contribution in [3.63, 3.8) is 0 Å². The summed E-state index contributed by atoms with van der Waals surface area (Å²) in [5.74, 6) is 0. The summed E-state index contributed by atoms with van der Waals surface area (Å²) in [6, 6.07) is 15.0. The maximum atomic E-state index is 4.86. The zero-order valence-corrected chi connectivity index (χ0v) is 12.6. The SMILES string of the molecule is C1=CC2=c3cc[n+]4c(ccc5ccccc54)c3=NC2=CC1.[Cl-]. The van der Waals surface area contributed by atoms with Gasteiger partial charge in [0.05, 0.1) is 5.70 Å². The summed E-state index contributed by atoms with van der Waals surface area (Å²) in [4.78, 5) is 4.86. The molecule has 2 nitrogen and oxygen atoms in total. The Bertz CT molecular complexity index is 1110. The van der Waals surface area contributed by atoms with Crippen molar-refractivity contribution in [3.05, 3.63) is 83.2 Å². The molecule has 1 aliphatic carbocycles. The van der Waals surface area contributed by atoms with E-state index in [0.717, 1.165) is 17.5 Å². The number of nitrogens with zero attached hydrogens (tertiary/aromatic N) is 2. The van der Waals surface area contributed by atoms with Gasteiger partial charge in [0, 0.05) is 34.4 Å². The summed E-state index contributed by atoms with van der Waals surface area (Å²) in [6.45, 7) is 0. The van der Waals surface area contributed by atoms with E-state index in [0.29, 0.717) is 0 Å². The fourth-order valence-corrected chi connectivity index (χ4v) is 3.30. The lowest BCUT2D eigenvalue weighted by Crippen LogP contribution is -3.00. The second-order valence-corrected chi connectivity index (χ2v) is 5.48. The van der Waals surface area contributed by atoms with Crippen LogP contribution in [-0.2, 0) is 0 Å². The highest BCUT2D eigenvalue weighted by Gasteiger charge is 2.18. The fraction of sp³-hybridized carbons (Fsp3) is 0.0526. The Morgan fingerprint density at radius 2 is 1.86 bits per heavy atom. The first-order valence-electron chi connectivity index (χ1n) is 7.24. The number of hydrogen-bond donors (Lipinski definition) is 0. The highest BCUT2D eigenvalue weighted by Crippen LogP contribution is 2.20. The van der Waals surface area contributed by atoms with E-state index in [4.69, 9.17) is 4.99 Å². The number of para-hydroxylation sites is 1. The van der Waals surface area contributed by atoms with Crippen LogP contribution in [0.25, 0.3) is 22.0 Å². The summed E-state index contributed by atoms with van der Waals surface area (Å²) >= 11 is 0. The van der Waals surface area contributed by atoms with Crippen molar-refractivity contribution in [2.45, 2.75) is 6.42 Å². The van der Waals surface area contributed by atoms with Crippen LogP contribution < -0.4 is 27.4 Å². The van der Waals surface area contributed by atoms with E-state index in [1.165, 1.54) is 27.2 Å². The summed E-state index contributed by atoms with van der Waals surface area (Å²) in [6.07, 6.45) is 9.73. The van der Waals surface area contributed by atoms with Gasteiger partial charge in [-0.25, -0.2) is 4.99 Å². The quantitative estimate of drug-likeness (QED) is 0.382. The molecule has 0 unspecified atom stereocenters. The zero-order valence-electron chi connectivity index (χ0n) is 11.8. The summed E-state index contributed by atoms with van der Waals surface area (Å²) in [5.41, 5.74) is 4.76. The number of aromatic nitrogens is 1. The molecule has 2 aromatic heterocycles. The molecule has 3 aromatic rings. The van der Waals surface area contributed by atoms with Crippen LogP contribution in [0, 0.1) is 0 Å². The number of pyridine rings is 2. The lowest BCUT2D eigenvalue weighted by atomic mass is 10.1. The Hall–Kier alpha value is -2.45. The number of fused-ring (bicyclic) bond motifs is 6. The van der Waals surface area contributed by atoms with Crippen LogP contribution in [0.3, 0.4) is 0 Å². The van der Waals surface area contributed by atoms with Crippen molar-refractivity contribution in [1.82, 2.24) is 0 Å². The molecule has 1 aromatic carbocycles. The number of allylic oxidation sites excluding steroid dienone is 3. The topological polar surface area (TPSA) is 16.5 Å². The van der Waals surface area contributed by atoms with Gasteiger partial charge in [0.15, 0.2) is 6.20 Å². The third-order valence-corrected chi connectivity index (χ3v) is 4.29. The second-order valence-electron chi connectivity index (χ2n) is 5.48. The van der Waals surface area contributed by atoms with Crippen molar-refractivity contribution in [1.29, 1.82) is 0 Å². The molecule has 0 bridgehead atoms. The molecular formula is C19H13ClN2. The molecule has 0 saturated carbocycles. The van der Waals surface area contributed by atoms with E-state index in [1.54, 1.807) is 0 Å². The molecule has 22 heavy (non-hydrogen) atoms. The van der Waals surface area contributed by atoms with E-state index in [1.807, 2.05) is 0 Å². The average Bonchev–Trinajstić information content (AvgIpc) is 2.93. The largest absolute Gasteiger partial charge is 1.00 e. The minimum Gasteiger partial charge on any atom is -1.00 e. The number of benzene rings is 1. The molecule has 3 heterocycles. The minimum absolute atomic E-state index is 0. The molecule has 106 valence electrons. The van der Waals surface area contributed by atoms with E-state index < -0.39 is 0 Å². The van der Waals surface area contributed by atoms with Gasteiger partial charge in [0.1, 0.15) is 5.36 Å². The molecule has 0 N–H and O–H groups in total. The van der Waals surface area contributed by atoms with Crippen LogP contribution >= 0.6 is 0 Å². The van der Waals surface area contributed by atoms with Crippen molar-refractivity contribution >= 4 is 22.0 Å². The molecule has 5 rings (SSSR count). The minimum atomic E-state index is 0. The van der Waals surface area contributed by atoms with Crippen LogP contribution in [0.5, 0.6) is 0 Å². The molecule has 0 amide bonds. The Balaban J connectivity index is 0.00000125. The third kappa shape index (κ3) is 1.68. The lowest BCUT2D eigenvalue weighted by molar-refractivity contribution is -0.482. The molecule has 0 fully saturated rings. The molecule has 2 aliphatic rings. The Morgan fingerprint density at radius 1 is 0.955 bits per heavy atom. The average molecular weight is 305 g/mol. The molecule has 0 saturated heterocycles. The van der Waals surface area contributed by atoms with E-state index >= 15 is 0 Å². The highest BCUT2D eigenvalue weighted by atomic mass is 35.5. The molecule has 1 aliphatic heterocycles. The zero-order chi connectivity index (χ0) is 13.8. The lowest BCUT2D eigenvalue weighted by Gasteiger charge is -2.01. The standard InChI is InChI=1S/C19H13N2.ClH/c1-4-8-17-13(5-1)9-10-18-19-15(11-12-21(17)18)14-6-2-3-7-16(14)20-19;/h1-2,4-12H,3H2;1H/q+1;/p-1. The van der Waals surface area contributed by atoms with Gasteiger partial charge in [-0.05, 0) is 18.6 Å². The molecule has 0 atom stereocenters. The normalized spacial score (nSPS) is 15.1. The maximum Gasteiger partial charge on any atom is 0.237 e. The monoisotopic (exact) mass is 304 g/mol. The Morgan fingerprint density at radius 3 is 2.82 bits per heavy atom. The first kappa shape index (κ1) is 13.2. The Labute approximate surface area is 133 Å². The Kier molecular flexibility index (Phi) is 2.88. The van der Waals surface area contributed by atoms with Crippen LogP contribution in [0.4, 0.5) is 0 Å². The van der Waals surface area contributed by atoms with Gasteiger partial charge in [0.25, 0.3) is 0 Å². The predicted octanol–water partition coefficient (Wildman–Crippen LogP) is -0.790. The van der Waals surface area contributed by atoms with Crippen LogP contribution in [0.1, 0.15) is 6.42 Å². The van der Waals surface area contributed by atoms with E-state index in [2.05, 4.69) is 71.3 Å². The maximum absolute atomic E-state index is 4.86. The fourth-order valence-electron chi connectivity index (χ4n) is 3.30. The summed E-state index contributed by atoms with van der Waals surface area (Å²) in [5, 5.41) is 3.58. The van der Waals surface area contributed by atoms with Gasteiger partial charge in [-0.1, -0.05) is 30.4 Å².